The molecule has 1 amide bonds. The first-order valence-electron chi connectivity index (χ1n) is 6.35. The second kappa shape index (κ2) is 5.71. The number of aromatic carboxylic acids is 1. The molecule has 0 radical (unpaired) electrons. The fraction of sp³-hybridized carbons (Fsp3) is 0.538. The highest BCUT2D eigenvalue weighted by Crippen LogP contribution is 2.20. The summed E-state index contributed by atoms with van der Waals surface area (Å²) in [6.45, 7) is 4.39. The van der Waals surface area contributed by atoms with Crippen LogP contribution in [0.4, 0.5) is 0 Å². The average molecular weight is 282 g/mol. The predicted octanol–water partition coefficient (Wildman–Crippen LogP) is 1.61. The molecule has 1 saturated heterocycles. The fourth-order valence-corrected chi connectivity index (χ4v) is 3.11. The zero-order valence-electron chi connectivity index (χ0n) is 11.1. The van der Waals surface area contributed by atoms with Crippen molar-refractivity contribution in [1.29, 1.82) is 0 Å². The third kappa shape index (κ3) is 2.96. The van der Waals surface area contributed by atoms with Gasteiger partial charge in [0.05, 0.1) is 4.88 Å². The highest BCUT2D eigenvalue weighted by molar-refractivity contribution is 7.15. The van der Waals surface area contributed by atoms with E-state index in [1.807, 2.05) is 4.90 Å². The van der Waals surface area contributed by atoms with Crippen LogP contribution in [0.1, 0.15) is 32.7 Å². The Labute approximate surface area is 116 Å². The number of hydrogen-bond acceptors (Lipinski definition) is 4. The van der Waals surface area contributed by atoms with E-state index in [0.29, 0.717) is 24.0 Å². The normalized spacial score (nSPS) is 20.5. The lowest BCUT2D eigenvalue weighted by Gasteiger charge is -2.38. The zero-order chi connectivity index (χ0) is 14.0. The van der Waals surface area contributed by atoms with Gasteiger partial charge in [-0.3, -0.25) is 9.69 Å². The molecule has 1 aliphatic rings. The third-order valence-corrected chi connectivity index (χ3v) is 4.62. The van der Waals surface area contributed by atoms with Crippen LogP contribution in [0.25, 0.3) is 0 Å². The lowest BCUT2D eigenvalue weighted by molar-refractivity contribution is 0.0546. The van der Waals surface area contributed by atoms with Gasteiger partial charge >= 0.3 is 5.97 Å². The largest absolute Gasteiger partial charge is 0.477 e. The van der Waals surface area contributed by atoms with Gasteiger partial charge in [-0.25, -0.2) is 4.79 Å². The average Bonchev–Trinajstić information content (AvgIpc) is 2.88. The molecule has 2 rings (SSSR count). The van der Waals surface area contributed by atoms with Gasteiger partial charge in [0.1, 0.15) is 4.88 Å². The molecule has 5 nitrogen and oxygen atoms in total. The SMILES string of the molecule is CCC1CN(C(=O)c2ccc(C(=O)O)s2)CCN1C. The monoisotopic (exact) mass is 282 g/mol. The molecular weight excluding hydrogens is 264 g/mol. The van der Waals surface area contributed by atoms with Crippen molar-refractivity contribution in [2.24, 2.45) is 0 Å². The molecule has 0 bridgehead atoms. The Hall–Kier alpha value is -1.40. The first-order chi connectivity index (χ1) is 9.02. The Morgan fingerprint density at radius 3 is 2.63 bits per heavy atom. The minimum Gasteiger partial charge on any atom is -0.477 e. The van der Waals surface area contributed by atoms with Crippen LogP contribution in [0.3, 0.4) is 0 Å². The molecule has 104 valence electrons. The second-order valence-electron chi connectivity index (χ2n) is 4.76. The summed E-state index contributed by atoms with van der Waals surface area (Å²) < 4.78 is 0. The first-order valence-corrected chi connectivity index (χ1v) is 7.17. The van der Waals surface area contributed by atoms with Gasteiger partial charge in [-0.1, -0.05) is 6.92 Å². The maximum absolute atomic E-state index is 12.3. The number of thiophene rings is 1. The zero-order valence-corrected chi connectivity index (χ0v) is 11.9. The van der Waals surface area contributed by atoms with Crippen LogP contribution >= 0.6 is 11.3 Å². The van der Waals surface area contributed by atoms with Gasteiger partial charge in [0.15, 0.2) is 0 Å². The van der Waals surface area contributed by atoms with Gasteiger partial charge in [-0.2, -0.15) is 0 Å². The number of nitrogens with zero attached hydrogens (tertiary/aromatic N) is 2. The molecule has 1 aromatic heterocycles. The Bertz CT molecular complexity index is 486. The van der Waals surface area contributed by atoms with Crippen LogP contribution in [-0.2, 0) is 0 Å². The van der Waals surface area contributed by atoms with Crippen molar-refractivity contribution in [3.8, 4) is 0 Å². The molecule has 1 N–H and O–H groups in total. The highest BCUT2D eigenvalue weighted by atomic mass is 32.1. The molecule has 0 aromatic carbocycles. The molecule has 1 fully saturated rings. The number of carbonyl (C=O) groups excluding carboxylic acids is 1. The van der Waals surface area contributed by atoms with E-state index < -0.39 is 5.97 Å². The van der Waals surface area contributed by atoms with Crippen LogP contribution in [0.15, 0.2) is 12.1 Å². The molecule has 1 atom stereocenters. The summed E-state index contributed by atoms with van der Waals surface area (Å²) in [6, 6.07) is 3.49. The predicted molar refractivity (Wildman–Crippen MR) is 73.9 cm³/mol. The molecule has 2 heterocycles. The standard InChI is InChI=1S/C13H18N2O3S/c1-3-9-8-15(7-6-14(9)2)12(16)10-4-5-11(19-10)13(17)18/h4-5,9H,3,6-8H2,1-2H3,(H,17,18). The number of carbonyl (C=O) groups is 2. The van der Waals surface area contributed by atoms with Crippen molar-refractivity contribution in [3.63, 3.8) is 0 Å². The number of hydrogen-bond donors (Lipinski definition) is 1. The van der Waals surface area contributed by atoms with Crippen LogP contribution in [-0.4, -0.2) is 59.5 Å². The fourth-order valence-electron chi connectivity index (χ4n) is 2.29. The van der Waals surface area contributed by atoms with Gasteiger partial charge in [-0.15, -0.1) is 11.3 Å². The molecule has 6 heteroatoms. The van der Waals surface area contributed by atoms with Crippen molar-refractivity contribution in [2.45, 2.75) is 19.4 Å². The summed E-state index contributed by atoms with van der Waals surface area (Å²) in [5.41, 5.74) is 0. The summed E-state index contributed by atoms with van der Waals surface area (Å²) in [7, 11) is 2.07. The molecule has 0 spiro atoms. The molecule has 0 saturated carbocycles. The lowest BCUT2D eigenvalue weighted by atomic mass is 10.1. The van der Waals surface area contributed by atoms with Crippen molar-refractivity contribution in [3.05, 3.63) is 21.9 Å². The number of amides is 1. The molecule has 0 aliphatic carbocycles. The van der Waals surface area contributed by atoms with E-state index >= 15 is 0 Å². The van der Waals surface area contributed by atoms with Gasteiger partial charge in [-0.05, 0) is 25.6 Å². The quantitative estimate of drug-likeness (QED) is 0.915. The summed E-state index contributed by atoms with van der Waals surface area (Å²) in [5.74, 6) is -1.03. The van der Waals surface area contributed by atoms with Gasteiger partial charge in [0, 0.05) is 25.7 Å². The number of carboxylic acid groups (broad SMARTS) is 1. The van der Waals surface area contributed by atoms with E-state index in [4.69, 9.17) is 5.11 Å². The van der Waals surface area contributed by atoms with Gasteiger partial charge < -0.3 is 10.0 Å². The van der Waals surface area contributed by atoms with E-state index in [1.54, 1.807) is 6.07 Å². The Balaban J connectivity index is 2.08. The van der Waals surface area contributed by atoms with E-state index in [9.17, 15) is 9.59 Å². The summed E-state index contributed by atoms with van der Waals surface area (Å²) >= 11 is 1.05. The van der Waals surface area contributed by atoms with Crippen LogP contribution in [0, 0.1) is 0 Å². The van der Waals surface area contributed by atoms with Crippen LogP contribution in [0.2, 0.25) is 0 Å². The number of carboxylic acids is 1. The smallest absolute Gasteiger partial charge is 0.345 e. The van der Waals surface area contributed by atoms with E-state index in [1.165, 1.54) is 6.07 Å². The van der Waals surface area contributed by atoms with E-state index in [0.717, 1.165) is 24.3 Å². The molecular formula is C13H18N2O3S. The van der Waals surface area contributed by atoms with Gasteiger partial charge in [0.2, 0.25) is 0 Å². The lowest BCUT2D eigenvalue weighted by Crippen LogP contribution is -2.52. The number of piperazine rings is 1. The minimum absolute atomic E-state index is 0.0518. The van der Waals surface area contributed by atoms with E-state index in [2.05, 4.69) is 18.9 Å². The van der Waals surface area contributed by atoms with Crippen molar-refractivity contribution in [2.75, 3.05) is 26.7 Å². The summed E-state index contributed by atoms with van der Waals surface area (Å²) in [4.78, 5) is 28.0. The maximum atomic E-state index is 12.3. The van der Waals surface area contributed by atoms with Crippen molar-refractivity contribution in [1.82, 2.24) is 9.80 Å². The van der Waals surface area contributed by atoms with Gasteiger partial charge in [0.25, 0.3) is 5.91 Å². The molecule has 1 aromatic rings. The Kier molecular flexibility index (Phi) is 4.21. The third-order valence-electron chi connectivity index (χ3n) is 3.56. The molecule has 1 aliphatic heterocycles. The minimum atomic E-state index is -0.978. The highest BCUT2D eigenvalue weighted by Gasteiger charge is 2.27. The molecule has 19 heavy (non-hydrogen) atoms. The summed E-state index contributed by atoms with van der Waals surface area (Å²) in [5, 5.41) is 8.88. The molecule has 1 unspecified atom stereocenters. The van der Waals surface area contributed by atoms with Crippen LogP contribution in [0.5, 0.6) is 0 Å². The maximum Gasteiger partial charge on any atom is 0.345 e. The summed E-state index contributed by atoms with van der Waals surface area (Å²) in [6.07, 6.45) is 1.01. The number of rotatable bonds is 3. The Morgan fingerprint density at radius 2 is 2.05 bits per heavy atom. The number of likely N-dealkylation sites (N-methyl/N-ethyl adjacent to an activating group) is 1. The Morgan fingerprint density at radius 1 is 1.37 bits per heavy atom. The van der Waals surface area contributed by atoms with Crippen LogP contribution < -0.4 is 0 Å². The topological polar surface area (TPSA) is 60.9 Å². The first kappa shape index (κ1) is 14.0. The second-order valence-corrected chi connectivity index (χ2v) is 5.85. The van der Waals surface area contributed by atoms with Crippen molar-refractivity contribution >= 4 is 23.2 Å². The van der Waals surface area contributed by atoms with E-state index in [-0.39, 0.29) is 10.8 Å². The van der Waals surface area contributed by atoms with Crippen molar-refractivity contribution < 1.29 is 14.7 Å².